The molecule has 0 saturated carbocycles. The molecule has 0 bridgehead atoms. The number of imidazole rings is 1. The maximum atomic E-state index is 11.7. The zero-order valence-electron chi connectivity index (χ0n) is 9.46. The SMILES string of the molecule is CN(Cc1ncc[nH]1)C(=O)Oc1ccccc1. The molecular formula is C12H13N3O2. The molecule has 0 spiro atoms. The molecule has 17 heavy (non-hydrogen) atoms. The third-order valence-corrected chi connectivity index (χ3v) is 2.20. The van der Waals surface area contributed by atoms with Crippen LogP contribution in [-0.2, 0) is 6.54 Å². The highest BCUT2D eigenvalue weighted by Gasteiger charge is 2.12. The van der Waals surface area contributed by atoms with Crippen molar-refractivity contribution in [2.45, 2.75) is 6.54 Å². The molecule has 5 heteroatoms. The minimum Gasteiger partial charge on any atom is -0.410 e. The predicted molar refractivity (Wildman–Crippen MR) is 62.5 cm³/mol. The van der Waals surface area contributed by atoms with Crippen LogP contribution in [0.15, 0.2) is 42.7 Å². The van der Waals surface area contributed by atoms with Crippen molar-refractivity contribution in [2.75, 3.05) is 7.05 Å². The summed E-state index contributed by atoms with van der Waals surface area (Å²) in [6.07, 6.45) is 2.95. The molecule has 1 amide bonds. The van der Waals surface area contributed by atoms with E-state index < -0.39 is 6.09 Å². The van der Waals surface area contributed by atoms with E-state index in [1.54, 1.807) is 31.6 Å². The fourth-order valence-electron chi connectivity index (χ4n) is 1.34. The summed E-state index contributed by atoms with van der Waals surface area (Å²) in [6, 6.07) is 8.96. The summed E-state index contributed by atoms with van der Waals surface area (Å²) in [6.45, 7) is 0.388. The molecule has 0 fully saturated rings. The molecule has 1 aromatic carbocycles. The van der Waals surface area contributed by atoms with Gasteiger partial charge in [-0.15, -0.1) is 0 Å². The van der Waals surface area contributed by atoms with Crippen LogP contribution in [0.25, 0.3) is 0 Å². The van der Waals surface area contributed by atoms with Gasteiger partial charge in [0.25, 0.3) is 0 Å². The molecular weight excluding hydrogens is 218 g/mol. The molecule has 0 saturated heterocycles. The zero-order valence-corrected chi connectivity index (χ0v) is 9.46. The number of aromatic nitrogens is 2. The van der Waals surface area contributed by atoms with Crippen LogP contribution >= 0.6 is 0 Å². The number of nitrogens with one attached hydrogen (secondary N) is 1. The summed E-state index contributed by atoms with van der Waals surface area (Å²) in [4.78, 5) is 20.1. The van der Waals surface area contributed by atoms with E-state index in [1.807, 2.05) is 18.2 Å². The number of rotatable bonds is 3. The first-order valence-corrected chi connectivity index (χ1v) is 5.22. The molecule has 1 heterocycles. The maximum Gasteiger partial charge on any atom is 0.415 e. The average molecular weight is 231 g/mol. The van der Waals surface area contributed by atoms with Gasteiger partial charge in [0, 0.05) is 19.4 Å². The van der Waals surface area contributed by atoms with E-state index in [9.17, 15) is 4.79 Å². The van der Waals surface area contributed by atoms with Crippen LogP contribution in [0, 0.1) is 0 Å². The summed E-state index contributed by atoms with van der Waals surface area (Å²) >= 11 is 0. The van der Waals surface area contributed by atoms with Gasteiger partial charge in [-0.3, -0.25) is 0 Å². The highest BCUT2D eigenvalue weighted by atomic mass is 16.6. The van der Waals surface area contributed by atoms with E-state index in [4.69, 9.17) is 4.74 Å². The van der Waals surface area contributed by atoms with Crippen molar-refractivity contribution in [3.8, 4) is 5.75 Å². The largest absolute Gasteiger partial charge is 0.415 e. The van der Waals surface area contributed by atoms with Crippen molar-refractivity contribution in [1.82, 2.24) is 14.9 Å². The fourth-order valence-corrected chi connectivity index (χ4v) is 1.34. The second-order valence-electron chi connectivity index (χ2n) is 3.57. The highest BCUT2D eigenvalue weighted by molar-refractivity contribution is 5.70. The van der Waals surface area contributed by atoms with Gasteiger partial charge in [-0.25, -0.2) is 9.78 Å². The molecule has 0 unspecified atom stereocenters. The Morgan fingerprint density at radius 2 is 2.18 bits per heavy atom. The van der Waals surface area contributed by atoms with E-state index in [0.717, 1.165) is 5.82 Å². The van der Waals surface area contributed by atoms with Gasteiger partial charge in [-0.05, 0) is 12.1 Å². The molecule has 0 aliphatic heterocycles. The van der Waals surface area contributed by atoms with Crippen LogP contribution in [0.1, 0.15) is 5.82 Å². The number of para-hydroxylation sites is 1. The molecule has 88 valence electrons. The summed E-state index contributed by atoms with van der Waals surface area (Å²) in [5, 5.41) is 0. The predicted octanol–water partition coefficient (Wildman–Crippen LogP) is 2.04. The molecule has 2 rings (SSSR count). The number of H-pyrrole nitrogens is 1. The number of ether oxygens (including phenoxy) is 1. The summed E-state index contributed by atoms with van der Waals surface area (Å²) in [5.74, 6) is 1.25. The van der Waals surface area contributed by atoms with Gasteiger partial charge >= 0.3 is 6.09 Å². The van der Waals surface area contributed by atoms with E-state index in [-0.39, 0.29) is 0 Å². The van der Waals surface area contributed by atoms with Crippen molar-refractivity contribution >= 4 is 6.09 Å². The second-order valence-corrected chi connectivity index (χ2v) is 3.57. The lowest BCUT2D eigenvalue weighted by molar-refractivity contribution is 0.160. The topological polar surface area (TPSA) is 58.2 Å². The number of carbonyl (C=O) groups excluding carboxylic acids is 1. The van der Waals surface area contributed by atoms with E-state index in [1.165, 1.54) is 4.90 Å². The van der Waals surface area contributed by atoms with Gasteiger partial charge < -0.3 is 14.6 Å². The van der Waals surface area contributed by atoms with Gasteiger partial charge in [0.2, 0.25) is 0 Å². The van der Waals surface area contributed by atoms with Gasteiger partial charge in [-0.2, -0.15) is 0 Å². The van der Waals surface area contributed by atoms with Crippen LogP contribution in [0.3, 0.4) is 0 Å². The molecule has 0 aliphatic rings. The Morgan fingerprint density at radius 1 is 1.41 bits per heavy atom. The number of hydrogen-bond donors (Lipinski definition) is 1. The number of benzene rings is 1. The first-order chi connectivity index (χ1) is 8.25. The monoisotopic (exact) mass is 231 g/mol. The molecule has 5 nitrogen and oxygen atoms in total. The van der Waals surface area contributed by atoms with Crippen molar-refractivity contribution < 1.29 is 9.53 Å². The third-order valence-electron chi connectivity index (χ3n) is 2.20. The van der Waals surface area contributed by atoms with Crippen LogP contribution in [0.5, 0.6) is 5.75 Å². The van der Waals surface area contributed by atoms with Crippen molar-refractivity contribution in [3.05, 3.63) is 48.5 Å². The van der Waals surface area contributed by atoms with Crippen molar-refractivity contribution in [1.29, 1.82) is 0 Å². The normalized spacial score (nSPS) is 9.94. The number of nitrogens with zero attached hydrogens (tertiary/aromatic N) is 2. The van der Waals surface area contributed by atoms with Gasteiger partial charge in [-0.1, -0.05) is 18.2 Å². The van der Waals surface area contributed by atoms with Gasteiger partial charge in [0.1, 0.15) is 11.6 Å². The quantitative estimate of drug-likeness (QED) is 0.879. The molecule has 2 aromatic rings. The van der Waals surface area contributed by atoms with Gasteiger partial charge in [0.15, 0.2) is 0 Å². The fraction of sp³-hybridized carbons (Fsp3) is 0.167. The van der Waals surface area contributed by atoms with Crippen LogP contribution in [0.4, 0.5) is 4.79 Å². The molecule has 0 atom stereocenters. The minimum absolute atomic E-state index is 0.388. The van der Waals surface area contributed by atoms with E-state index in [2.05, 4.69) is 9.97 Å². The molecule has 0 aliphatic carbocycles. The van der Waals surface area contributed by atoms with Crippen LogP contribution in [0.2, 0.25) is 0 Å². The van der Waals surface area contributed by atoms with E-state index >= 15 is 0 Å². The number of carbonyl (C=O) groups is 1. The second kappa shape index (κ2) is 5.16. The van der Waals surface area contributed by atoms with Crippen molar-refractivity contribution in [2.24, 2.45) is 0 Å². The molecule has 1 N–H and O–H groups in total. The van der Waals surface area contributed by atoms with Gasteiger partial charge in [0.05, 0.1) is 6.54 Å². The smallest absolute Gasteiger partial charge is 0.410 e. The zero-order chi connectivity index (χ0) is 12.1. The minimum atomic E-state index is -0.410. The lowest BCUT2D eigenvalue weighted by atomic mass is 10.3. The van der Waals surface area contributed by atoms with E-state index in [0.29, 0.717) is 12.3 Å². The Bertz CT molecular complexity index is 468. The summed E-state index contributed by atoms with van der Waals surface area (Å²) in [5.41, 5.74) is 0. The average Bonchev–Trinajstić information content (AvgIpc) is 2.83. The summed E-state index contributed by atoms with van der Waals surface area (Å²) in [7, 11) is 1.66. The van der Waals surface area contributed by atoms with Crippen molar-refractivity contribution in [3.63, 3.8) is 0 Å². The lowest BCUT2D eigenvalue weighted by Gasteiger charge is -2.15. The first kappa shape index (κ1) is 11.2. The Balaban J connectivity index is 1.92. The molecule has 1 aromatic heterocycles. The summed E-state index contributed by atoms with van der Waals surface area (Å²) < 4.78 is 5.17. The Morgan fingerprint density at radius 3 is 2.82 bits per heavy atom. The Kier molecular flexibility index (Phi) is 3.40. The first-order valence-electron chi connectivity index (χ1n) is 5.22. The Hall–Kier alpha value is -2.30. The Labute approximate surface area is 99.0 Å². The lowest BCUT2D eigenvalue weighted by Crippen LogP contribution is -2.29. The third kappa shape index (κ3) is 3.07. The highest BCUT2D eigenvalue weighted by Crippen LogP contribution is 2.10. The number of amides is 1. The number of aromatic amines is 1. The van der Waals surface area contributed by atoms with Crippen LogP contribution in [-0.4, -0.2) is 28.0 Å². The van der Waals surface area contributed by atoms with Crippen LogP contribution < -0.4 is 4.74 Å². The molecule has 0 radical (unpaired) electrons. The maximum absolute atomic E-state index is 11.7. The number of hydrogen-bond acceptors (Lipinski definition) is 3. The standard InChI is InChI=1S/C12H13N3O2/c1-15(9-11-13-7-8-14-11)12(16)17-10-5-3-2-4-6-10/h2-8H,9H2,1H3,(H,13,14).